The summed E-state index contributed by atoms with van der Waals surface area (Å²) in [7, 11) is -2.60. The number of rotatable bonds is 8. The lowest BCUT2D eigenvalue weighted by molar-refractivity contribution is 0.144. The van der Waals surface area contributed by atoms with Crippen molar-refractivity contribution < 1.29 is 22.7 Å². The summed E-state index contributed by atoms with van der Waals surface area (Å²) < 4.78 is 38.9. The van der Waals surface area contributed by atoms with Crippen molar-refractivity contribution in [1.82, 2.24) is 9.71 Å². The molecule has 36 heavy (non-hydrogen) atoms. The molecule has 0 fully saturated rings. The Balaban J connectivity index is 1.52. The van der Waals surface area contributed by atoms with Crippen LogP contribution in [-0.2, 0) is 21.2 Å². The highest BCUT2D eigenvalue weighted by molar-refractivity contribution is 7.90. The zero-order valence-electron chi connectivity index (χ0n) is 20.0. The summed E-state index contributed by atoms with van der Waals surface area (Å²) in [5.41, 5.74) is 9.10. The van der Waals surface area contributed by atoms with Gasteiger partial charge in [0.2, 0.25) is 0 Å². The molecule has 0 unspecified atom stereocenters. The van der Waals surface area contributed by atoms with E-state index in [0.29, 0.717) is 17.3 Å². The largest absolute Gasteiger partial charge is 0.496 e. The van der Waals surface area contributed by atoms with E-state index in [4.69, 9.17) is 15.2 Å². The van der Waals surface area contributed by atoms with Crippen molar-refractivity contribution in [2.45, 2.75) is 24.2 Å². The molecule has 0 aliphatic heterocycles. The maximum Gasteiger partial charge on any atom is 0.421 e. The smallest absolute Gasteiger partial charge is 0.421 e. The van der Waals surface area contributed by atoms with Crippen LogP contribution in [0.1, 0.15) is 22.6 Å². The Bertz CT molecular complexity index is 1490. The summed E-state index contributed by atoms with van der Waals surface area (Å²) in [6, 6.07) is 23.1. The molecule has 1 aromatic heterocycles. The number of amides is 1. The lowest BCUT2D eigenvalue weighted by Gasteiger charge is -2.20. The van der Waals surface area contributed by atoms with Crippen LogP contribution in [-0.4, -0.2) is 33.2 Å². The third-order valence-corrected chi connectivity index (χ3v) is 7.18. The minimum Gasteiger partial charge on any atom is -0.496 e. The van der Waals surface area contributed by atoms with Crippen molar-refractivity contribution in [1.29, 1.82) is 0 Å². The zero-order chi connectivity index (χ0) is 25.7. The Hall–Kier alpha value is -4.11. The Morgan fingerprint density at radius 1 is 1.03 bits per heavy atom. The SMILES string of the molecule is COc1ccc(C)cc1C[C@@H](COC(=O)NS(=O)(=O)c1cccc2nc(N)ccc12)c1ccccc1. The molecule has 4 aromatic rings. The number of nitrogens with zero attached hydrogens (tertiary/aromatic N) is 1. The van der Waals surface area contributed by atoms with Gasteiger partial charge in [0.05, 0.1) is 17.5 Å². The number of aryl methyl sites for hydroxylation is 1. The van der Waals surface area contributed by atoms with Gasteiger partial charge in [-0.25, -0.2) is 22.9 Å². The van der Waals surface area contributed by atoms with Crippen LogP contribution in [0.3, 0.4) is 0 Å². The first kappa shape index (κ1) is 25.0. The number of hydrogen-bond acceptors (Lipinski definition) is 7. The minimum absolute atomic E-state index is 0.0317. The third kappa shape index (κ3) is 5.75. The lowest BCUT2D eigenvalue weighted by Crippen LogP contribution is -2.32. The van der Waals surface area contributed by atoms with Crippen LogP contribution >= 0.6 is 0 Å². The molecular formula is C27H27N3O5S. The van der Waals surface area contributed by atoms with Gasteiger partial charge in [-0.3, -0.25) is 0 Å². The van der Waals surface area contributed by atoms with Crippen molar-refractivity contribution in [3.05, 3.63) is 95.6 Å². The first-order chi connectivity index (χ1) is 17.3. The topological polar surface area (TPSA) is 121 Å². The van der Waals surface area contributed by atoms with E-state index in [1.807, 2.05) is 60.2 Å². The lowest BCUT2D eigenvalue weighted by atomic mass is 9.91. The molecule has 3 aromatic carbocycles. The van der Waals surface area contributed by atoms with Crippen LogP contribution in [0.15, 0.2) is 83.8 Å². The number of nitrogens with two attached hydrogens (primary N) is 1. The van der Waals surface area contributed by atoms with E-state index < -0.39 is 16.1 Å². The highest BCUT2D eigenvalue weighted by atomic mass is 32.2. The number of sulfonamides is 1. The van der Waals surface area contributed by atoms with E-state index in [1.54, 1.807) is 19.2 Å². The number of carbonyl (C=O) groups excluding carboxylic acids is 1. The van der Waals surface area contributed by atoms with E-state index in [2.05, 4.69) is 4.98 Å². The first-order valence-corrected chi connectivity index (χ1v) is 12.8. The molecule has 3 N–H and O–H groups in total. The molecule has 1 heterocycles. The van der Waals surface area contributed by atoms with Crippen LogP contribution in [0.5, 0.6) is 5.75 Å². The number of ether oxygens (including phenoxy) is 2. The average Bonchev–Trinajstić information content (AvgIpc) is 2.86. The van der Waals surface area contributed by atoms with Crippen molar-refractivity contribution in [2.75, 3.05) is 19.5 Å². The number of carbonyl (C=O) groups is 1. The van der Waals surface area contributed by atoms with Gasteiger partial charge in [-0.05, 0) is 54.8 Å². The fourth-order valence-corrected chi connectivity index (χ4v) is 5.19. The van der Waals surface area contributed by atoms with Crippen LogP contribution < -0.4 is 15.2 Å². The van der Waals surface area contributed by atoms with Gasteiger partial charge in [-0.15, -0.1) is 0 Å². The summed E-state index contributed by atoms with van der Waals surface area (Å²) in [6.07, 6.45) is -0.529. The number of nitrogens with one attached hydrogen (secondary N) is 1. The Kier molecular flexibility index (Phi) is 7.40. The summed E-state index contributed by atoms with van der Waals surface area (Å²) >= 11 is 0. The number of methoxy groups -OCH3 is 1. The fraction of sp³-hybridized carbons (Fsp3) is 0.185. The van der Waals surface area contributed by atoms with Gasteiger partial charge in [0, 0.05) is 11.3 Å². The molecular weight excluding hydrogens is 478 g/mol. The molecule has 1 atom stereocenters. The van der Waals surface area contributed by atoms with Crippen LogP contribution in [0.4, 0.5) is 10.6 Å². The molecule has 0 aliphatic rings. The number of fused-ring (bicyclic) bond motifs is 1. The number of anilines is 1. The number of aromatic nitrogens is 1. The van der Waals surface area contributed by atoms with Gasteiger partial charge in [0.25, 0.3) is 10.0 Å². The predicted molar refractivity (Wildman–Crippen MR) is 138 cm³/mol. The van der Waals surface area contributed by atoms with E-state index in [9.17, 15) is 13.2 Å². The average molecular weight is 506 g/mol. The molecule has 4 rings (SSSR count). The second kappa shape index (κ2) is 10.7. The number of pyridine rings is 1. The van der Waals surface area contributed by atoms with Gasteiger partial charge < -0.3 is 15.2 Å². The fourth-order valence-electron chi connectivity index (χ4n) is 4.08. The van der Waals surface area contributed by atoms with Crippen LogP contribution in [0.2, 0.25) is 0 Å². The number of nitrogen functional groups attached to an aromatic ring is 1. The first-order valence-electron chi connectivity index (χ1n) is 11.3. The van der Waals surface area contributed by atoms with Crippen LogP contribution in [0, 0.1) is 6.92 Å². The molecule has 0 bridgehead atoms. The van der Waals surface area contributed by atoms with E-state index in [-0.39, 0.29) is 23.2 Å². The van der Waals surface area contributed by atoms with Crippen molar-refractivity contribution in [2.24, 2.45) is 0 Å². The molecule has 1 amide bonds. The second-order valence-corrected chi connectivity index (χ2v) is 10.0. The molecule has 0 spiro atoms. The van der Waals surface area contributed by atoms with Gasteiger partial charge in [-0.2, -0.15) is 0 Å². The van der Waals surface area contributed by atoms with Gasteiger partial charge in [0.1, 0.15) is 18.2 Å². The molecule has 9 heteroatoms. The normalized spacial score (nSPS) is 12.2. The quantitative estimate of drug-likeness (QED) is 0.360. The summed E-state index contributed by atoms with van der Waals surface area (Å²) in [5, 5.41) is 0.348. The second-order valence-electron chi connectivity index (χ2n) is 8.39. The molecule has 0 aliphatic carbocycles. The maximum atomic E-state index is 13.0. The van der Waals surface area contributed by atoms with Crippen molar-refractivity contribution >= 4 is 32.8 Å². The van der Waals surface area contributed by atoms with Crippen LogP contribution in [0.25, 0.3) is 10.9 Å². The molecule has 0 radical (unpaired) electrons. The van der Waals surface area contributed by atoms with Gasteiger partial charge in [0.15, 0.2) is 0 Å². The maximum absolute atomic E-state index is 13.0. The molecule has 0 saturated heterocycles. The molecule has 186 valence electrons. The Morgan fingerprint density at radius 2 is 1.81 bits per heavy atom. The van der Waals surface area contributed by atoms with Gasteiger partial charge >= 0.3 is 6.09 Å². The Labute approximate surface area is 210 Å². The number of benzene rings is 3. The zero-order valence-corrected chi connectivity index (χ0v) is 20.8. The van der Waals surface area contributed by atoms with E-state index >= 15 is 0 Å². The minimum atomic E-state index is -4.21. The van der Waals surface area contributed by atoms with E-state index in [0.717, 1.165) is 22.4 Å². The highest BCUT2D eigenvalue weighted by Gasteiger charge is 2.23. The molecule has 0 saturated carbocycles. The highest BCUT2D eigenvalue weighted by Crippen LogP contribution is 2.28. The van der Waals surface area contributed by atoms with Crippen molar-refractivity contribution in [3.63, 3.8) is 0 Å². The Morgan fingerprint density at radius 3 is 2.56 bits per heavy atom. The summed E-state index contributed by atoms with van der Waals surface area (Å²) in [5.74, 6) is 0.778. The monoisotopic (exact) mass is 505 g/mol. The number of hydrogen-bond donors (Lipinski definition) is 2. The third-order valence-electron chi connectivity index (χ3n) is 5.81. The molecule has 8 nitrogen and oxygen atoms in total. The van der Waals surface area contributed by atoms with Crippen molar-refractivity contribution in [3.8, 4) is 5.75 Å². The summed E-state index contributed by atoms with van der Waals surface area (Å²) in [6.45, 7) is 1.96. The summed E-state index contributed by atoms with van der Waals surface area (Å²) in [4.78, 5) is 16.7. The van der Waals surface area contributed by atoms with Gasteiger partial charge in [-0.1, -0.05) is 54.1 Å². The van der Waals surface area contributed by atoms with E-state index in [1.165, 1.54) is 18.2 Å². The predicted octanol–water partition coefficient (Wildman–Crippen LogP) is 4.58. The standard InChI is InChI=1S/C27H27N3O5S/c1-18-11-13-24(34-2)20(15-18)16-21(19-7-4-3-5-8-19)17-35-27(31)30-36(32,33)25-10-6-9-23-22(25)12-14-26(28)29-23/h3-15,21H,16-17H2,1-2H3,(H2,28,29)(H,30,31)/t21-/m0/s1.